The first-order chi connectivity index (χ1) is 21.3. The summed E-state index contributed by atoms with van der Waals surface area (Å²) >= 11 is 0. The molecule has 0 bridgehead atoms. The number of nitrogens with zero attached hydrogens (tertiary/aromatic N) is 2. The van der Waals surface area contributed by atoms with Crippen LogP contribution in [0.1, 0.15) is 0 Å². The van der Waals surface area contributed by atoms with Gasteiger partial charge in [-0.1, -0.05) is 127 Å². The van der Waals surface area contributed by atoms with Gasteiger partial charge in [-0.15, -0.1) is 0 Å². The average Bonchev–Trinajstić information content (AvgIpc) is 3.46. The van der Waals surface area contributed by atoms with E-state index in [2.05, 4.69) is 162 Å². The fourth-order valence-corrected chi connectivity index (χ4v) is 6.78. The molecule has 0 radical (unpaired) electrons. The first kappa shape index (κ1) is 23.9. The highest BCUT2D eigenvalue weighted by Crippen LogP contribution is 2.40. The van der Waals surface area contributed by atoms with Gasteiger partial charge in [-0.25, -0.2) is 4.98 Å². The smallest absolute Gasteiger partial charge is 0.145 e. The van der Waals surface area contributed by atoms with E-state index in [0.29, 0.717) is 0 Å². The van der Waals surface area contributed by atoms with Gasteiger partial charge in [0.15, 0.2) is 0 Å². The Morgan fingerprint density at radius 1 is 0.395 bits per heavy atom. The first-order valence-electron chi connectivity index (χ1n) is 14.7. The quantitative estimate of drug-likeness (QED) is 0.159. The highest BCUT2D eigenvalue weighted by atomic mass is 15.1. The number of imidazole rings is 1. The van der Waals surface area contributed by atoms with Crippen molar-refractivity contribution in [1.29, 1.82) is 0 Å². The molecule has 200 valence electrons. The van der Waals surface area contributed by atoms with Gasteiger partial charge in [-0.3, -0.25) is 4.57 Å². The van der Waals surface area contributed by atoms with Crippen LogP contribution in [0.5, 0.6) is 0 Å². The maximum atomic E-state index is 5.10. The fraction of sp³-hybridized carbons (Fsp3) is 0. The number of hydrogen-bond donors (Lipinski definition) is 0. The summed E-state index contributed by atoms with van der Waals surface area (Å²) in [6.07, 6.45) is 0. The van der Waals surface area contributed by atoms with Gasteiger partial charge in [0.2, 0.25) is 0 Å². The predicted molar refractivity (Wildman–Crippen MR) is 182 cm³/mol. The lowest BCUT2D eigenvalue weighted by Gasteiger charge is -2.17. The Morgan fingerprint density at radius 3 is 1.95 bits per heavy atom. The summed E-state index contributed by atoms with van der Waals surface area (Å²) in [5, 5.41) is 10.1. The van der Waals surface area contributed by atoms with Crippen molar-refractivity contribution < 1.29 is 0 Å². The van der Waals surface area contributed by atoms with E-state index in [9.17, 15) is 0 Å². The Kier molecular flexibility index (Phi) is 5.23. The molecule has 0 aliphatic carbocycles. The second-order valence-electron chi connectivity index (χ2n) is 11.2. The van der Waals surface area contributed by atoms with Gasteiger partial charge < -0.3 is 0 Å². The van der Waals surface area contributed by atoms with E-state index < -0.39 is 0 Å². The summed E-state index contributed by atoms with van der Waals surface area (Å²) in [5.74, 6) is 0.948. The van der Waals surface area contributed by atoms with Crippen LogP contribution in [0.2, 0.25) is 0 Å². The molecule has 1 heterocycles. The average molecular weight is 547 g/mol. The molecule has 0 spiro atoms. The zero-order valence-corrected chi connectivity index (χ0v) is 23.4. The third-order valence-corrected chi connectivity index (χ3v) is 8.77. The highest BCUT2D eigenvalue weighted by molar-refractivity contribution is 6.17. The topological polar surface area (TPSA) is 17.8 Å². The molecule has 0 unspecified atom stereocenters. The van der Waals surface area contributed by atoms with Gasteiger partial charge in [-0.2, -0.15) is 0 Å². The van der Waals surface area contributed by atoms with Gasteiger partial charge in [0.1, 0.15) is 5.82 Å². The third-order valence-electron chi connectivity index (χ3n) is 8.77. The van der Waals surface area contributed by atoms with E-state index in [0.717, 1.165) is 28.1 Å². The monoisotopic (exact) mass is 546 g/mol. The lowest BCUT2D eigenvalue weighted by molar-refractivity contribution is 1.11. The van der Waals surface area contributed by atoms with E-state index in [4.69, 9.17) is 4.98 Å². The standard InChI is InChI=1S/C41H26N2/c1-2-11-27(12-3-1)41-42-38-19-8-9-20-40(38)43(41)39-24-23-35(32-15-6-7-16-36(32)39)31-17-10-18-33-34(31)22-21-30-25-28-13-4-5-14-29(28)26-37(30)33/h1-26H. The number of fused-ring (bicyclic) bond motifs is 6. The Hall–Kier alpha value is -5.73. The molecule has 9 aromatic rings. The predicted octanol–water partition coefficient (Wildman–Crippen LogP) is 11.0. The summed E-state index contributed by atoms with van der Waals surface area (Å²) in [5.41, 5.74) is 6.79. The minimum absolute atomic E-state index is 0.948. The Balaban J connectivity index is 1.31. The zero-order chi connectivity index (χ0) is 28.3. The number of aromatic nitrogens is 2. The summed E-state index contributed by atoms with van der Waals surface area (Å²) in [7, 11) is 0. The summed E-state index contributed by atoms with van der Waals surface area (Å²) in [6, 6.07) is 56.8. The zero-order valence-electron chi connectivity index (χ0n) is 23.4. The van der Waals surface area contributed by atoms with E-state index in [1.165, 1.54) is 54.2 Å². The molecule has 0 fully saturated rings. The van der Waals surface area contributed by atoms with Crippen molar-refractivity contribution in [3.05, 3.63) is 158 Å². The van der Waals surface area contributed by atoms with Crippen LogP contribution in [0.25, 0.3) is 82.3 Å². The summed E-state index contributed by atoms with van der Waals surface area (Å²) in [6.45, 7) is 0. The van der Waals surface area contributed by atoms with Crippen molar-refractivity contribution in [1.82, 2.24) is 9.55 Å². The van der Waals surface area contributed by atoms with Gasteiger partial charge in [0.05, 0.1) is 16.7 Å². The van der Waals surface area contributed by atoms with E-state index in [1.807, 2.05) is 0 Å². The highest BCUT2D eigenvalue weighted by Gasteiger charge is 2.18. The molecular formula is C41H26N2. The molecular weight excluding hydrogens is 520 g/mol. The Morgan fingerprint density at radius 2 is 1.07 bits per heavy atom. The maximum Gasteiger partial charge on any atom is 0.145 e. The van der Waals surface area contributed by atoms with Crippen molar-refractivity contribution in [2.24, 2.45) is 0 Å². The van der Waals surface area contributed by atoms with Crippen molar-refractivity contribution >= 4 is 54.1 Å². The van der Waals surface area contributed by atoms with Gasteiger partial charge in [-0.05, 0) is 79.2 Å². The van der Waals surface area contributed by atoms with Crippen LogP contribution >= 0.6 is 0 Å². The second-order valence-corrected chi connectivity index (χ2v) is 11.2. The van der Waals surface area contributed by atoms with Crippen LogP contribution < -0.4 is 0 Å². The van der Waals surface area contributed by atoms with Gasteiger partial charge in [0, 0.05) is 10.9 Å². The molecule has 0 amide bonds. The third kappa shape index (κ3) is 3.70. The fourth-order valence-electron chi connectivity index (χ4n) is 6.78. The largest absolute Gasteiger partial charge is 0.292 e. The molecule has 0 aliphatic rings. The maximum absolute atomic E-state index is 5.10. The molecule has 0 aliphatic heterocycles. The SMILES string of the molecule is c1ccc(-c2nc3ccccc3n2-c2ccc(-c3cccc4c3ccc3cc5ccccc5cc34)c3ccccc23)cc1. The molecule has 8 aromatic carbocycles. The van der Waals surface area contributed by atoms with Crippen molar-refractivity contribution in [3.8, 4) is 28.2 Å². The molecule has 2 heteroatoms. The van der Waals surface area contributed by atoms with Crippen LogP contribution in [0.3, 0.4) is 0 Å². The summed E-state index contributed by atoms with van der Waals surface area (Å²) in [4.78, 5) is 5.10. The Bertz CT molecular complexity index is 2500. The lowest BCUT2D eigenvalue weighted by Crippen LogP contribution is -1.99. The second kappa shape index (κ2) is 9.40. The van der Waals surface area contributed by atoms with Crippen LogP contribution in [0, 0.1) is 0 Å². The normalized spacial score (nSPS) is 11.7. The lowest BCUT2D eigenvalue weighted by atomic mass is 9.91. The number of para-hydroxylation sites is 2. The van der Waals surface area contributed by atoms with Crippen molar-refractivity contribution in [2.75, 3.05) is 0 Å². The number of rotatable bonds is 3. The van der Waals surface area contributed by atoms with E-state index in [1.54, 1.807) is 0 Å². The molecule has 0 atom stereocenters. The number of benzene rings is 8. The van der Waals surface area contributed by atoms with E-state index >= 15 is 0 Å². The number of hydrogen-bond acceptors (Lipinski definition) is 1. The minimum atomic E-state index is 0.948. The summed E-state index contributed by atoms with van der Waals surface area (Å²) < 4.78 is 2.32. The van der Waals surface area contributed by atoms with Gasteiger partial charge >= 0.3 is 0 Å². The van der Waals surface area contributed by atoms with E-state index in [-0.39, 0.29) is 0 Å². The molecule has 2 nitrogen and oxygen atoms in total. The molecule has 0 saturated carbocycles. The molecule has 9 rings (SSSR count). The van der Waals surface area contributed by atoms with Crippen molar-refractivity contribution in [3.63, 3.8) is 0 Å². The van der Waals surface area contributed by atoms with Gasteiger partial charge in [0.25, 0.3) is 0 Å². The first-order valence-corrected chi connectivity index (χ1v) is 14.7. The Labute approximate surface area is 249 Å². The van der Waals surface area contributed by atoms with Crippen LogP contribution in [0.15, 0.2) is 158 Å². The molecule has 43 heavy (non-hydrogen) atoms. The van der Waals surface area contributed by atoms with Crippen molar-refractivity contribution in [2.45, 2.75) is 0 Å². The molecule has 0 N–H and O–H groups in total. The minimum Gasteiger partial charge on any atom is -0.292 e. The van der Waals surface area contributed by atoms with Crippen LogP contribution in [-0.4, -0.2) is 9.55 Å². The molecule has 1 aromatic heterocycles. The molecule has 0 saturated heterocycles. The van der Waals surface area contributed by atoms with Crippen LogP contribution in [-0.2, 0) is 0 Å². The van der Waals surface area contributed by atoms with Crippen LogP contribution in [0.4, 0.5) is 0 Å².